The van der Waals surface area contributed by atoms with E-state index in [0.717, 1.165) is 44.6 Å². The van der Waals surface area contributed by atoms with Gasteiger partial charge in [0.1, 0.15) is 0 Å². The molecule has 3 nitrogen and oxygen atoms in total. The van der Waals surface area contributed by atoms with Crippen LogP contribution in [0.25, 0.3) is 0 Å². The number of carbonyl (C=O) groups excluding carboxylic acids is 1. The van der Waals surface area contributed by atoms with Gasteiger partial charge in [-0.15, -0.1) is 0 Å². The second-order valence-corrected chi connectivity index (χ2v) is 5.70. The van der Waals surface area contributed by atoms with Crippen LogP contribution in [0.3, 0.4) is 0 Å². The van der Waals surface area contributed by atoms with Crippen molar-refractivity contribution in [3.63, 3.8) is 0 Å². The summed E-state index contributed by atoms with van der Waals surface area (Å²) in [5, 5.41) is 3.36. The highest BCUT2D eigenvalue weighted by atomic mass is 16.2. The Balaban J connectivity index is 2.19. The van der Waals surface area contributed by atoms with Crippen LogP contribution in [-0.4, -0.2) is 37.0 Å². The van der Waals surface area contributed by atoms with Crippen molar-refractivity contribution >= 4 is 5.91 Å². The van der Waals surface area contributed by atoms with E-state index in [1.165, 1.54) is 0 Å². The lowest BCUT2D eigenvalue weighted by Crippen LogP contribution is -2.39. The largest absolute Gasteiger partial charge is 0.341 e. The van der Waals surface area contributed by atoms with Gasteiger partial charge in [-0.05, 0) is 24.4 Å². The second-order valence-electron chi connectivity index (χ2n) is 5.70. The first kappa shape index (κ1) is 15.0. The monoisotopic (exact) mass is 274 g/mol. The molecule has 110 valence electrons. The molecule has 0 aliphatic carbocycles. The normalized spacial score (nSPS) is 19.2. The van der Waals surface area contributed by atoms with Crippen molar-refractivity contribution in [2.24, 2.45) is 5.92 Å². The van der Waals surface area contributed by atoms with Gasteiger partial charge in [0.2, 0.25) is 5.91 Å². The number of nitrogens with one attached hydrogen (secondary N) is 1. The Morgan fingerprint density at radius 2 is 2.00 bits per heavy atom. The summed E-state index contributed by atoms with van der Waals surface area (Å²) in [6.45, 7) is 7.99. The molecule has 1 fully saturated rings. The Hall–Kier alpha value is -1.35. The predicted molar refractivity (Wildman–Crippen MR) is 82.7 cm³/mol. The lowest BCUT2D eigenvalue weighted by atomic mass is 9.84. The molecule has 2 rings (SSSR count). The molecular formula is C17H26N2O. The van der Waals surface area contributed by atoms with Gasteiger partial charge in [0.25, 0.3) is 0 Å². The summed E-state index contributed by atoms with van der Waals surface area (Å²) in [5.41, 5.74) is 1.16. The van der Waals surface area contributed by atoms with E-state index in [4.69, 9.17) is 0 Å². The van der Waals surface area contributed by atoms with Gasteiger partial charge >= 0.3 is 0 Å². The highest BCUT2D eigenvalue weighted by molar-refractivity contribution is 5.84. The van der Waals surface area contributed by atoms with Crippen molar-refractivity contribution in [3.8, 4) is 0 Å². The summed E-state index contributed by atoms with van der Waals surface area (Å²) in [7, 11) is 0. The van der Waals surface area contributed by atoms with E-state index in [-0.39, 0.29) is 5.92 Å². The number of nitrogens with zero attached hydrogens (tertiary/aromatic N) is 1. The maximum atomic E-state index is 13.0. The summed E-state index contributed by atoms with van der Waals surface area (Å²) >= 11 is 0. The summed E-state index contributed by atoms with van der Waals surface area (Å²) in [6, 6.07) is 10.2. The van der Waals surface area contributed by atoms with Crippen LogP contribution in [0, 0.1) is 5.92 Å². The Kier molecular flexibility index (Phi) is 5.60. The van der Waals surface area contributed by atoms with Crippen molar-refractivity contribution < 1.29 is 4.79 Å². The minimum Gasteiger partial charge on any atom is -0.341 e. The molecule has 1 aliphatic heterocycles. The SMILES string of the molecule is CCC(C)C(C(=O)N1CCCNCC1)c1ccccc1. The summed E-state index contributed by atoms with van der Waals surface area (Å²) in [5.74, 6) is 0.676. The van der Waals surface area contributed by atoms with Crippen LogP contribution in [0.2, 0.25) is 0 Å². The fourth-order valence-electron chi connectivity index (χ4n) is 2.87. The van der Waals surface area contributed by atoms with Gasteiger partial charge in [-0.3, -0.25) is 4.79 Å². The number of rotatable bonds is 4. The Bertz CT molecular complexity index is 410. The van der Waals surface area contributed by atoms with Crippen LogP contribution in [0.15, 0.2) is 30.3 Å². The molecule has 0 saturated carbocycles. The van der Waals surface area contributed by atoms with Crippen molar-refractivity contribution in [2.75, 3.05) is 26.2 Å². The van der Waals surface area contributed by atoms with Crippen molar-refractivity contribution in [1.29, 1.82) is 0 Å². The van der Waals surface area contributed by atoms with E-state index in [0.29, 0.717) is 11.8 Å². The average molecular weight is 274 g/mol. The summed E-state index contributed by atoms with van der Waals surface area (Å²) in [6.07, 6.45) is 2.07. The number of hydrogen-bond acceptors (Lipinski definition) is 2. The molecule has 3 heteroatoms. The van der Waals surface area contributed by atoms with E-state index < -0.39 is 0 Å². The molecule has 0 bridgehead atoms. The fraction of sp³-hybridized carbons (Fsp3) is 0.588. The molecule has 2 atom stereocenters. The maximum absolute atomic E-state index is 13.0. The van der Waals surface area contributed by atoms with E-state index in [1.807, 2.05) is 23.1 Å². The van der Waals surface area contributed by atoms with Gasteiger partial charge in [0.05, 0.1) is 5.92 Å². The third-order valence-corrected chi connectivity index (χ3v) is 4.29. The van der Waals surface area contributed by atoms with E-state index >= 15 is 0 Å². The zero-order chi connectivity index (χ0) is 14.4. The second kappa shape index (κ2) is 7.44. The van der Waals surface area contributed by atoms with Gasteiger partial charge in [0, 0.05) is 19.6 Å². The molecule has 1 aromatic rings. The quantitative estimate of drug-likeness (QED) is 0.915. The van der Waals surface area contributed by atoms with Gasteiger partial charge in [-0.1, -0.05) is 50.6 Å². The minimum absolute atomic E-state index is 0.000648. The Labute approximate surface area is 122 Å². The zero-order valence-electron chi connectivity index (χ0n) is 12.6. The summed E-state index contributed by atoms with van der Waals surface area (Å²) in [4.78, 5) is 15.0. The lowest BCUT2D eigenvalue weighted by Gasteiger charge is -2.29. The van der Waals surface area contributed by atoms with Crippen molar-refractivity contribution in [2.45, 2.75) is 32.6 Å². The highest BCUT2D eigenvalue weighted by Gasteiger charge is 2.29. The molecule has 0 spiro atoms. The molecule has 0 aromatic heterocycles. The van der Waals surface area contributed by atoms with Crippen LogP contribution in [0.5, 0.6) is 0 Å². The lowest BCUT2D eigenvalue weighted by molar-refractivity contribution is -0.133. The van der Waals surface area contributed by atoms with Crippen LogP contribution >= 0.6 is 0 Å². The predicted octanol–water partition coefficient (Wildman–Crippen LogP) is 2.64. The van der Waals surface area contributed by atoms with Crippen molar-refractivity contribution in [3.05, 3.63) is 35.9 Å². The molecule has 2 unspecified atom stereocenters. The number of benzene rings is 1. The standard InChI is InChI=1S/C17H26N2O/c1-3-14(2)16(15-8-5-4-6-9-15)17(20)19-12-7-10-18-11-13-19/h4-6,8-9,14,16,18H,3,7,10-13H2,1-2H3. The van der Waals surface area contributed by atoms with Crippen LogP contribution in [-0.2, 0) is 4.79 Å². The minimum atomic E-state index is -0.000648. The van der Waals surface area contributed by atoms with Gasteiger partial charge in [0.15, 0.2) is 0 Å². The Morgan fingerprint density at radius 3 is 2.70 bits per heavy atom. The van der Waals surface area contributed by atoms with E-state index in [9.17, 15) is 4.79 Å². The molecule has 1 amide bonds. The van der Waals surface area contributed by atoms with Crippen LogP contribution < -0.4 is 5.32 Å². The Morgan fingerprint density at radius 1 is 1.25 bits per heavy atom. The van der Waals surface area contributed by atoms with E-state index in [1.54, 1.807) is 0 Å². The molecular weight excluding hydrogens is 248 g/mol. The molecule has 1 heterocycles. The molecule has 0 radical (unpaired) electrons. The third-order valence-electron chi connectivity index (χ3n) is 4.29. The van der Waals surface area contributed by atoms with Gasteiger partial charge in [-0.2, -0.15) is 0 Å². The number of hydrogen-bond donors (Lipinski definition) is 1. The molecule has 1 saturated heterocycles. The first-order valence-electron chi connectivity index (χ1n) is 7.78. The van der Waals surface area contributed by atoms with E-state index in [2.05, 4.69) is 31.3 Å². The summed E-state index contributed by atoms with van der Waals surface area (Å²) < 4.78 is 0. The molecule has 1 aliphatic rings. The molecule has 20 heavy (non-hydrogen) atoms. The van der Waals surface area contributed by atoms with Crippen LogP contribution in [0.4, 0.5) is 0 Å². The average Bonchev–Trinajstić information content (AvgIpc) is 2.77. The number of carbonyl (C=O) groups is 1. The van der Waals surface area contributed by atoms with Gasteiger partial charge < -0.3 is 10.2 Å². The smallest absolute Gasteiger partial charge is 0.230 e. The topological polar surface area (TPSA) is 32.3 Å². The zero-order valence-corrected chi connectivity index (χ0v) is 12.6. The first-order valence-corrected chi connectivity index (χ1v) is 7.78. The molecule has 1 N–H and O–H groups in total. The van der Waals surface area contributed by atoms with Crippen molar-refractivity contribution in [1.82, 2.24) is 10.2 Å². The molecule has 1 aromatic carbocycles. The van der Waals surface area contributed by atoms with Crippen LogP contribution in [0.1, 0.15) is 38.2 Å². The first-order chi connectivity index (χ1) is 9.74. The third kappa shape index (κ3) is 3.60. The fourth-order valence-corrected chi connectivity index (χ4v) is 2.87. The maximum Gasteiger partial charge on any atom is 0.230 e. The number of amides is 1. The highest BCUT2D eigenvalue weighted by Crippen LogP contribution is 2.29. The van der Waals surface area contributed by atoms with Gasteiger partial charge in [-0.25, -0.2) is 0 Å².